The van der Waals surface area contributed by atoms with Crippen LogP contribution in [0.25, 0.3) is 0 Å². The summed E-state index contributed by atoms with van der Waals surface area (Å²) in [4.78, 5) is 0. The van der Waals surface area contributed by atoms with Crippen LogP contribution in [0.1, 0.15) is 19.3 Å². The largest absolute Gasteiger partial charge is 0.426 e. The number of rotatable bonds is 11. The van der Waals surface area contributed by atoms with Crippen molar-refractivity contribution in [3.05, 3.63) is 0 Å². The maximum absolute atomic E-state index is 13.4. The monoisotopic (exact) mass is 518 g/mol. The first-order valence-corrected chi connectivity index (χ1v) is 12.1. The molecule has 0 aliphatic heterocycles. The zero-order valence-electron chi connectivity index (χ0n) is 14.1. The molecule has 0 unspecified atom stereocenters. The lowest BCUT2D eigenvalue weighted by Gasteiger charge is -2.39. The Bertz CT molecular complexity index is 545. The summed E-state index contributed by atoms with van der Waals surface area (Å²) < 4.78 is 172. The Labute approximate surface area is 165 Å². The number of hydrogen-bond donors (Lipinski definition) is 0. The van der Waals surface area contributed by atoms with Gasteiger partial charge in [0.25, 0.3) is 0 Å². The van der Waals surface area contributed by atoms with Crippen LogP contribution in [-0.4, -0.2) is 49.3 Å². The first-order valence-electron chi connectivity index (χ1n) is 7.39. The number of ether oxygens (including phenoxy) is 1. The summed E-state index contributed by atoms with van der Waals surface area (Å²) in [7, 11) is 0. The predicted molar refractivity (Wildman–Crippen MR) is 78.7 cm³/mol. The van der Waals surface area contributed by atoms with E-state index >= 15 is 0 Å². The van der Waals surface area contributed by atoms with Gasteiger partial charge in [-0.25, -0.2) is 0 Å². The normalized spacial score (nSPS) is 15.7. The molecule has 0 aliphatic carbocycles. The molecule has 0 saturated heterocycles. The second-order valence-corrected chi connectivity index (χ2v) is 14.3. The van der Waals surface area contributed by atoms with Crippen LogP contribution in [0.5, 0.6) is 0 Å². The molecule has 0 aliphatic rings. The van der Waals surface area contributed by atoms with E-state index < -0.39 is 68.5 Å². The highest BCUT2D eigenvalue weighted by molar-refractivity contribution is 7.44. The lowest BCUT2D eigenvalue weighted by atomic mass is 9.95. The average Bonchev–Trinajstić information content (AvgIpc) is 2.47. The molecule has 0 bridgehead atoms. The molecule has 176 valence electrons. The van der Waals surface area contributed by atoms with Crippen molar-refractivity contribution in [3.8, 4) is 0 Å². The summed E-state index contributed by atoms with van der Waals surface area (Å²) in [6.45, 7) is -3.11. The molecule has 1 nitrogen and oxygen atoms in total. The van der Waals surface area contributed by atoms with Crippen molar-refractivity contribution in [2.45, 2.75) is 67.8 Å². The van der Waals surface area contributed by atoms with Gasteiger partial charge in [0.05, 0.1) is 6.61 Å². The molecule has 0 spiro atoms. The van der Waals surface area contributed by atoms with Gasteiger partial charge in [0, 0.05) is 12.8 Å². The Hall–Kier alpha value is -0.153. The molecule has 0 aromatic heterocycles. The van der Waals surface area contributed by atoms with Gasteiger partial charge < -0.3 is 4.74 Å². The lowest BCUT2D eigenvalue weighted by Crippen LogP contribution is -2.67. The van der Waals surface area contributed by atoms with E-state index in [1.54, 1.807) is 0 Å². The molecule has 0 heterocycles. The summed E-state index contributed by atoms with van der Waals surface area (Å²) in [6, 6.07) is -0.264. The highest BCUT2D eigenvalue weighted by Crippen LogP contribution is 2.58. The number of alkyl halides is 13. The van der Waals surface area contributed by atoms with Gasteiger partial charge in [-0.05, 0) is 19.0 Å². The molecule has 0 atom stereocenters. The van der Waals surface area contributed by atoms with Crippen LogP contribution in [-0.2, 0) is 4.74 Å². The standard InChI is InChI=1S/C12H13Cl2F13OSi/c1-29(13,14)6-2-5-28-12(26,27)11(24,25)10(22,23)9(20,21)7(15,16)3-4-8(17,18)19/h2-6H2,1H3. The second kappa shape index (κ2) is 8.77. The van der Waals surface area contributed by atoms with Crippen LogP contribution >= 0.6 is 22.2 Å². The van der Waals surface area contributed by atoms with Gasteiger partial charge in [-0.15, -0.1) is 22.2 Å². The fraction of sp³-hybridized carbons (Fsp3) is 1.00. The SMILES string of the molecule is C[Si](Cl)(Cl)CCCOC(F)(F)C(F)(F)C(F)(F)C(F)(F)C(F)(F)CCC(F)(F)F. The van der Waals surface area contributed by atoms with Crippen LogP contribution in [0, 0.1) is 0 Å². The Morgan fingerprint density at radius 3 is 1.52 bits per heavy atom. The van der Waals surface area contributed by atoms with Crippen molar-refractivity contribution in [1.82, 2.24) is 0 Å². The van der Waals surface area contributed by atoms with Crippen LogP contribution in [0.15, 0.2) is 0 Å². The van der Waals surface area contributed by atoms with Crippen LogP contribution in [0.2, 0.25) is 12.6 Å². The van der Waals surface area contributed by atoms with Gasteiger partial charge in [0.1, 0.15) is 0 Å². The van der Waals surface area contributed by atoms with Gasteiger partial charge in [-0.2, -0.15) is 57.1 Å². The zero-order valence-corrected chi connectivity index (χ0v) is 16.6. The molecule has 17 heteroatoms. The maximum Gasteiger partial charge on any atom is 0.426 e. The Kier molecular flexibility index (Phi) is 8.72. The van der Waals surface area contributed by atoms with Crippen molar-refractivity contribution >= 4 is 28.9 Å². The molecule has 0 rings (SSSR count). The number of halogens is 15. The van der Waals surface area contributed by atoms with E-state index in [1.165, 1.54) is 6.55 Å². The molecule has 0 aromatic carbocycles. The van der Waals surface area contributed by atoms with Crippen molar-refractivity contribution in [2.24, 2.45) is 0 Å². The van der Waals surface area contributed by atoms with Gasteiger partial charge >= 0.3 is 36.0 Å². The molecule has 0 radical (unpaired) electrons. The molecule has 0 saturated carbocycles. The lowest BCUT2D eigenvalue weighted by molar-refractivity contribution is -0.446. The predicted octanol–water partition coefficient (Wildman–Crippen LogP) is 7.42. The van der Waals surface area contributed by atoms with E-state index in [2.05, 4.69) is 4.74 Å². The van der Waals surface area contributed by atoms with E-state index in [0.29, 0.717) is 0 Å². The zero-order chi connectivity index (χ0) is 23.7. The fourth-order valence-corrected chi connectivity index (χ4v) is 3.31. The van der Waals surface area contributed by atoms with E-state index in [-0.39, 0.29) is 6.04 Å². The Morgan fingerprint density at radius 2 is 1.14 bits per heavy atom. The van der Waals surface area contributed by atoms with Crippen molar-refractivity contribution in [1.29, 1.82) is 0 Å². The van der Waals surface area contributed by atoms with Gasteiger partial charge in [-0.3, -0.25) is 0 Å². The van der Waals surface area contributed by atoms with Gasteiger partial charge in [-0.1, -0.05) is 0 Å². The molecule has 29 heavy (non-hydrogen) atoms. The van der Waals surface area contributed by atoms with Crippen molar-refractivity contribution < 1.29 is 61.8 Å². The van der Waals surface area contributed by atoms with E-state index in [1.807, 2.05) is 0 Å². The first-order chi connectivity index (χ1) is 12.4. The van der Waals surface area contributed by atoms with Crippen LogP contribution in [0.3, 0.4) is 0 Å². The number of hydrogen-bond acceptors (Lipinski definition) is 1. The molecular weight excluding hydrogens is 506 g/mol. The van der Waals surface area contributed by atoms with Crippen LogP contribution < -0.4 is 0 Å². The fourth-order valence-electron chi connectivity index (χ4n) is 1.74. The highest BCUT2D eigenvalue weighted by Gasteiger charge is 2.86. The minimum absolute atomic E-state index is 0.264. The van der Waals surface area contributed by atoms with E-state index in [4.69, 9.17) is 22.2 Å². The maximum atomic E-state index is 13.4. The third-order valence-corrected chi connectivity index (χ3v) is 5.74. The van der Waals surface area contributed by atoms with Gasteiger partial charge in [0.2, 0.25) is 6.69 Å². The van der Waals surface area contributed by atoms with Crippen molar-refractivity contribution in [3.63, 3.8) is 0 Å². The van der Waals surface area contributed by atoms with E-state index in [9.17, 15) is 57.1 Å². The smallest absolute Gasteiger partial charge is 0.316 e. The molecule has 0 amide bonds. The summed E-state index contributed by atoms with van der Waals surface area (Å²) in [6.07, 6.45) is -18.3. The Balaban J connectivity index is 5.57. The summed E-state index contributed by atoms with van der Waals surface area (Å²) in [5.41, 5.74) is 0. The third-order valence-electron chi connectivity index (χ3n) is 3.38. The average molecular weight is 519 g/mol. The molecule has 0 N–H and O–H groups in total. The van der Waals surface area contributed by atoms with E-state index in [0.717, 1.165) is 0 Å². The topological polar surface area (TPSA) is 9.23 Å². The van der Waals surface area contributed by atoms with Crippen LogP contribution in [0.4, 0.5) is 57.1 Å². The Morgan fingerprint density at radius 1 is 0.690 bits per heavy atom. The quantitative estimate of drug-likeness (QED) is 0.120. The first kappa shape index (κ1) is 28.8. The molecular formula is C12H13Cl2F13OSi. The highest BCUT2D eigenvalue weighted by atomic mass is 35.7. The summed E-state index contributed by atoms with van der Waals surface area (Å²) in [5, 5.41) is 0. The molecule has 0 aromatic rings. The second-order valence-electron chi connectivity index (χ2n) is 6.08. The minimum atomic E-state index is -7.49. The van der Waals surface area contributed by atoms with Crippen molar-refractivity contribution in [2.75, 3.05) is 6.61 Å². The minimum Gasteiger partial charge on any atom is -0.316 e. The summed E-state index contributed by atoms with van der Waals surface area (Å²) in [5.74, 6) is -28.4. The third kappa shape index (κ3) is 6.92. The summed E-state index contributed by atoms with van der Waals surface area (Å²) >= 11 is 11.1. The van der Waals surface area contributed by atoms with Gasteiger partial charge in [0.15, 0.2) is 0 Å². The molecule has 0 fully saturated rings.